The topological polar surface area (TPSA) is 123 Å². The Balaban J connectivity index is 1.44. The summed E-state index contributed by atoms with van der Waals surface area (Å²) in [5, 5.41) is 1.35. The van der Waals surface area contributed by atoms with Gasteiger partial charge in [-0.1, -0.05) is 36.4 Å². The smallest absolute Gasteiger partial charge is 0.410 e. The van der Waals surface area contributed by atoms with Crippen molar-refractivity contribution >= 4 is 39.4 Å². The molecule has 0 atom stereocenters. The van der Waals surface area contributed by atoms with Crippen molar-refractivity contribution in [2.45, 2.75) is 33.3 Å². The average molecular weight is 562 g/mol. The summed E-state index contributed by atoms with van der Waals surface area (Å²) >= 11 is 0. The number of hydrogen-bond donors (Lipinski definition) is 2. The van der Waals surface area contributed by atoms with Crippen molar-refractivity contribution in [3.63, 3.8) is 0 Å². The van der Waals surface area contributed by atoms with Gasteiger partial charge in [-0.2, -0.15) is 0 Å². The Morgan fingerprint density at radius 3 is 2.55 bits per heavy atom. The summed E-state index contributed by atoms with van der Waals surface area (Å²) in [6, 6.07) is 18.6. The molecule has 2 amide bonds. The monoisotopic (exact) mass is 561 g/mol. The van der Waals surface area contributed by atoms with Gasteiger partial charge in [0.15, 0.2) is 0 Å². The molecule has 0 saturated carbocycles. The van der Waals surface area contributed by atoms with Crippen molar-refractivity contribution in [1.82, 2.24) is 19.4 Å². The fourth-order valence-electron chi connectivity index (χ4n) is 5.47. The fourth-order valence-corrected chi connectivity index (χ4v) is 5.47. The minimum absolute atomic E-state index is 0.151. The number of fused-ring (bicyclic) bond motifs is 2. The van der Waals surface area contributed by atoms with Crippen LogP contribution in [0.1, 0.15) is 42.4 Å². The minimum atomic E-state index is -0.591. The Hall–Kier alpha value is -5.18. The predicted molar refractivity (Wildman–Crippen MR) is 164 cm³/mol. The molecule has 1 aliphatic heterocycles. The highest BCUT2D eigenvalue weighted by molar-refractivity contribution is 6.10. The van der Waals surface area contributed by atoms with E-state index in [4.69, 9.17) is 10.5 Å². The number of carbonyl (C=O) groups excluding carboxylic acids is 2. The second-order valence-corrected chi connectivity index (χ2v) is 11.5. The van der Waals surface area contributed by atoms with Crippen LogP contribution in [0.25, 0.3) is 44.2 Å². The Morgan fingerprint density at radius 1 is 1.00 bits per heavy atom. The Labute approximate surface area is 242 Å². The number of nitrogens with zero attached hydrogens (tertiary/aromatic N) is 3. The van der Waals surface area contributed by atoms with Gasteiger partial charge >= 0.3 is 6.09 Å². The van der Waals surface area contributed by atoms with Crippen LogP contribution in [0.4, 0.5) is 4.79 Å². The van der Waals surface area contributed by atoms with Gasteiger partial charge in [0.1, 0.15) is 11.9 Å². The molecule has 0 bridgehead atoms. The first-order chi connectivity index (χ1) is 20.0. The van der Waals surface area contributed by atoms with Gasteiger partial charge in [0.25, 0.3) is 11.5 Å². The summed E-state index contributed by atoms with van der Waals surface area (Å²) in [7, 11) is 0. The molecule has 212 valence electrons. The van der Waals surface area contributed by atoms with Crippen molar-refractivity contribution in [1.29, 1.82) is 0 Å². The Bertz CT molecular complexity index is 1990. The maximum Gasteiger partial charge on any atom is 0.410 e. The highest BCUT2D eigenvalue weighted by Crippen LogP contribution is 2.37. The fraction of sp³-hybridized carbons (Fsp3) is 0.212. The van der Waals surface area contributed by atoms with Crippen LogP contribution in [0, 0.1) is 6.92 Å². The zero-order valence-electron chi connectivity index (χ0n) is 23.9. The number of aromatic amines is 1. The number of carbonyl (C=O) groups is 2. The molecule has 0 spiro atoms. The average Bonchev–Trinajstić information content (AvgIpc) is 3.61. The summed E-state index contributed by atoms with van der Waals surface area (Å²) < 4.78 is 7.10. The van der Waals surface area contributed by atoms with Gasteiger partial charge in [-0.15, -0.1) is 0 Å². The number of rotatable bonds is 4. The van der Waals surface area contributed by atoms with Crippen LogP contribution in [0.5, 0.6) is 0 Å². The molecule has 3 N–H and O–H groups in total. The molecule has 42 heavy (non-hydrogen) atoms. The van der Waals surface area contributed by atoms with Crippen molar-refractivity contribution in [3.05, 3.63) is 100 Å². The lowest BCUT2D eigenvalue weighted by Gasteiger charge is -2.24. The summed E-state index contributed by atoms with van der Waals surface area (Å²) in [5.74, 6) is -0.546. The first-order valence-corrected chi connectivity index (χ1v) is 13.7. The van der Waals surface area contributed by atoms with Crippen LogP contribution >= 0.6 is 0 Å². The molecular weight excluding hydrogens is 530 g/mol. The lowest BCUT2D eigenvalue weighted by molar-refractivity contribution is 0.0306. The highest BCUT2D eigenvalue weighted by atomic mass is 16.6. The first kappa shape index (κ1) is 27.0. The van der Waals surface area contributed by atoms with Crippen LogP contribution in [-0.4, -0.2) is 50.1 Å². The van der Waals surface area contributed by atoms with Gasteiger partial charge < -0.3 is 20.4 Å². The zero-order valence-corrected chi connectivity index (χ0v) is 23.9. The SMILES string of the molecule is Cc1c(-c2ccc(C(N)=O)c3[nH]c(C4=CCN(C(=O)OC(C)(C)C)C4)cc23)cccc1-n1cnc2ccccc2c1=O. The molecule has 3 heterocycles. The van der Waals surface area contributed by atoms with E-state index in [1.165, 1.54) is 0 Å². The number of para-hydroxylation sites is 1. The number of benzene rings is 3. The third-order valence-corrected chi connectivity index (χ3v) is 7.50. The quantitative estimate of drug-likeness (QED) is 0.297. The van der Waals surface area contributed by atoms with E-state index in [2.05, 4.69) is 9.97 Å². The van der Waals surface area contributed by atoms with Crippen LogP contribution in [0.3, 0.4) is 0 Å². The summed E-state index contributed by atoms with van der Waals surface area (Å²) in [5.41, 5.74) is 11.7. The van der Waals surface area contributed by atoms with E-state index in [1.54, 1.807) is 27.9 Å². The standard InChI is InChI=1S/C33H31N5O4/c1-19-21(9-7-11-28(19)38-18-35-26-10-6-5-8-23(26)31(38)40)22-12-13-24(30(34)39)29-25(22)16-27(36-29)20-14-15-37(17-20)32(41)42-33(2,3)4/h5-14,16,18,36H,15,17H2,1-4H3,(H2,34,39). The minimum Gasteiger partial charge on any atom is -0.444 e. The van der Waals surface area contributed by atoms with E-state index < -0.39 is 11.5 Å². The molecule has 2 aromatic heterocycles. The van der Waals surface area contributed by atoms with Crippen LogP contribution < -0.4 is 11.3 Å². The number of ether oxygens (including phenoxy) is 1. The Kier molecular flexibility index (Phi) is 6.45. The molecule has 5 aromatic rings. The summed E-state index contributed by atoms with van der Waals surface area (Å²) in [6.07, 6.45) is 3.15. The normalized spacial score (nSPS) is 13.5. The van der Waals surface area contributed by atoms with Crippen LogP contribution in [-0.2, 0) is 4.74 Å². The number of aromatic nitrogens is 3. The maximum atomic E-state index is 13.4. The zero-order chi connectivity index (χ0) is 29.8. The number of hydrogen-bond acceptors (Lipinski definition) is 5. The molecule has 0 aliphatic carbocycles. The third kappa shape index (κ3) is 4.72. The second kappa shape index (κ2) is 10.0. The van der Waals surface area contributed by atoms with E-state index in [-0.39, 0.29) is 11.7 Å². The molecule has 3 aromatic carbocycles. The summed E-state index contributed by atoms with van der Waals surface area (Å²) in [6.45, 7) is 8.27. The van der Waals surface area contributed by atoms with Gasteiger partial charge in [0.2, 0.25) is 0 Å². The molecule has 9 heteroatoms. The van der Waals surface area contributed by atoms with Gasteiger partial charge in [-0.3, -0.25) is 14.2 Å². The second-order valence-electron chi connectivity index (χ2n) is 11.5. The Morgan fingerprint density at radius 2 is 1.79 bits per heavy atom. The number of H-pyrrole nitrogens is 1. The number of primary amides is 1. The van der Waals surface area contributed by atoms with Crippen molar-refractivity contribution in [2.24, 2.45) is 5.73 Å². The van der Waals surface area contributed by atoms with Gasteiger partial charge in [-0.25, -0.2) is 9.78 Å². The molecular formula is C33H31N5O4. The van der Waals surface area contributed by atoms with Gasteiger partial charge in [-0.05, 0) is 80.3 Å². The van der Waals surface area contributed by atoms with E-state index in [0.717, 1.165) is 33.3 Å². The lowest BCUT2D eigenvalue weighted by atomic mass is 9.94. The summed E-state index contributed by atoms with van der Waals surface area (Å²) in [4.78, 5) is 47.9. The number of nitrogens with two attached hydrogens (primary N) is 1. The van der Waals surface area contributed by atoms with Crippen molar-refractivity contribution in [2.75, 3.05) is 13.1 Å². The lowest BCUT2D eigenvalue weighted by Crippen LogP contribution is -2.35. The van der Waals surface area contributed by atoms with Crippen LogP contribution in [0.2, 0.25) is 0 Å². The van der Waals surface area contributed by atoms with Crippen LogP contribution in [0.15, 0.2) is 77.9 Å². The third-order valence-electron chi connectivity index (χ3n) is 7.50. The van der Waals surface area contributed by atoms with E-state index in [9.17, 15) is 14.4 Å². The number of nitrogens with one attached hydrogen (secondary N) is 1. The first-order valence-electron chi connectivity index (χ1n) is 13.7. The molecule has 9 nitrogen and oxygen atoms in total. The number of amides is 2. The molecule has 0 unspecified atom stereocenters. The molecule has 1 aliphatic rings. The molecule has 0 radical (unpaired) electrons. The van der Waals surface area contributed by atoms with Gasteiger partial charge in [0, 0.05) is 17.6 Å². The predicted octanol–water partition coefficient (Wildman–Crippen LogP) is 5.58. The van der Waals surface area contributed by atoms with Gasteiger partial charge in [0.05, 0.1) is 34.2 Å². The van der Waals surface area contributed by atoms with E-state index in [1.807, 2.05) is 82.3 Å². The van der Waals surface area contributed by atoms with Crippen molar-refractivity contribution < 1.29 is 14.3 Å². The van der Waals surface area contributed by atoms with Crippen molar-refractivity contribution in [3.8, 4) is 16.8 Å². The molecule has 0 saturated heterocycles. The van der Waals surface area contributed by atoms with E-state index in [0.29, 0.717) is 40.8 Å². The molecule has 6 rings (SSSR count). The van der Waals surface area contributed by atoms with E-state index >= 15 is 0 Å². The highest BCUT2D eigenvalue weighted by Gasteiger charge is 2.27. The maximum absolute atomic E-state index is 13.4. The largest absolute Gasteiger partial charge is 0.444 e. The molecule has 0 fully saturated rings.